The van der Waals surface area contributed by atoms with Crippen molar-refractivity contribution in [1.82, 2.24) is 0 Å². The summed E-state index contributed by atoms with van der Waals surface area (Å²) in [4.78, 5) is 27.4. The van der Waals surface area contributed by atoms with Gasteiger partial charge in [0, 0.05) is 24.7 Å². The molecule has 3 saturated carbocycles. The number of carbonyl (C=O) groups excluding carboxylic acids is 2. The topological polar surface area (TPSA) is 213 Å². The van der Waals surface area contributed by atoms with Gasteiger partial charge in [-0.2, -0.15) is 0 Å². The summed E-state index contributed by atoms with van der Waals surface area (Å²) >= 11 is 0. The van der Waals surface area contributed by atoms with Crippen LogP contribution >= 0.6 is 0 Å². The van der Waals surface area contributed by atoms with Gasteiger partial charge in [-0.05, 0) is 79.4 Å². The fourth-order valence-corrected chi connectivity index (χ4v) is 10.9. The van der Waals surface area contributed by atoms with Crippen LogP contribution in [0, 0.1) is 46.3 Å². The molecule has 51 heavy (non-hydrogen) atoms. The van der Waals surface area contributed by atoms with E-state index in [1.54, 1.807) is 0 Å². The van der Waals surface area contributed by atoms with Crippen LogP contribution in [0.5, 0.6) is 0 Å². The fourth-order valence-electron chi connectivity index (χ4n) is 10.9. The van der Waals surface area contributed by atoms with Crippen LogP contribution in [-0.4, -0.2) is 129 Å². The Bertz CT molecular complexity index is 1290. The lowest BCUT2D eigenvalue weighted by Crippen LogP contribution is -2.60. The molecule has 4 aliphatic carbocycles. The van der Waals surface area contributed by atoms with Crippen LogP contribution in [0.1, 0.15) is 85.5 Å². The lowest BCUT2D eigenvalue weighted by atomic mass is 9.47. The third kappa shape index (κ3) is 7.27. The summed E-state index contributed by atoms with van der Waals surface area (Å²) in [6.45, 7) is 8.00. The summed E-state index contributed by atoms with van der Waals surface area (Å²) in [5, 5.41) is 70.2. The van der Waals surface area contributed by atoms with E-state index < -0.39 is 67.8 Å². The van der Waals surface area contributed by atoms with E-state index >= 15 is 0 Å². The second kappa shape index (κ2) is 15.4. The lowest BCUT2D eigenvalue weighted by molar-refractivity contribution is -0.313. The molecule has 0 aromatic rings. The first-order chi connectivity index (χ1) is 24.1. The maximum Gasteiger partial charge on any atom is 0.186 e. The van der Waals surface area contributed by atoms with Gasteiger partial charge >= 0.3 is 0 Å². The van der Waals surface area contributed by atoms with Gasteiger partial charge in [0.2, 0.25) is 0 Å². The van der Waals surface area contributed by atoms with Crippen LogP contribution in [-0.2, 0) is 28.5 Å². The molecule has 13 heteroatoms. The van der Waals surface area contributed by atoms with Gasteiger partial charge in [0.1, 0.15) is 54.3 Å². The van der Waals surface area contributed by atoms with Crippen molar-refractivity contribution < 1.29 is 64.3 Å². The van der Waals surface area contributed by atoms with Crippen molar-refractivity contribution in [1.29, 1.82) is 0 Å². The molecule has 0 bridgehead atoms. The third-order valence-electron chi connectivity index (χ3n) is 14.0. The number of allylic oxidation sites excluding steroid dienone is 1. The SMILES string of the molecule is C[C@H](CCC(=O)[C@@H](C)[C@H]1C(=O)C[C@H]2[C@@H]3CC=C4C[C@@H](O[C@@H]5O[C@H](CO)[C@@H](O)[C@H](O)[C@H]5O)CC[C@]4(C)[C@H]3CC[C@]12C)CO[C@@H]1OC[C@@H](O)[C@H](O)[C@H]1O. The first-order valence-corrected chi connectivity index (χ1v) is 19.1. The van der Waals surface area contributed by atoms with Crippen LogP contribution in [0.4, 0.5) is 0 Å². The zero-order valence-electron chi connectivity index (χ0n) is 30.4. The number of ether oxygens (including phenoxy) is 4. The monoisotopic (exact) mass is 724 g/mol. The number of aliphatic hydroxyl groups is 7. The van der Waals surface area contributed by atoms with E-state index in [4.69, 9.17) is 18.9 Å². The van der Waals surface area contributed by atoms with Gasteiger partial charge < -0.3 is 54.7 Å². The number of hydrogen-bond donors (Lipinski definition) is 7. The Labute approximate surface area is 300 Å². The number of aliphatic hydroxyl groups excluding tert-OH is 7. The fraction of sp³-hybridized carbons (Fsp3) is 0.895. The van der Waals surface area contributed by atoms with Crippen LogP contribution in [0.3, 0.4) is 0 Å². The Morgan fingerprint density at radius 1 is 0.941 bits per heavy atom. The molecule has 5 fully saturated rings. The van der Waals surface area contributed by atoms with E-state index in [2.05, 4.69) is 19.9 Å². The van der Waals surface area contributed by atoms with Gasteiger partial charge in [0.25, 0.3) is 0 Å². The highest BCUT2D eigenvalue weighted by Crippen LogP contribution is 2.66. The molecule has 0 aromatic carbocycles. The van der Waals surface area contributed by atoms with Crippen LogP contribution in [0.2, 0.25) is 0 Å². The van der Waals surface area contributed by atoms with E-state index in [9.17, 15) is 45.3 Å². The summed E-state index contributed by atoms with van der Waals surface area (Å²) in [6.07, 6.45) is -3.01. The zero-order valence-corrected chi connectivity index (χ0v) is 30.4. The summed E-state index contributed by atoms with van der Waals surface area (Å²) in [5.41, 5.74) is 0.998. The Morgan fingerprint density at radius 3 is 2.39 bits per heavy atom. The summed E-state index contributed by atoms with van der Waals surface area (Å²) in [7, 11) is 0. The predicted molar refractivity (Wildman–Crippen MR) is 181 cm³/mol. The van der Waals surface area contributed by atoms with E-state index in [1.807, 2.05) is 13.8 Å². The van der Waals surface area contributed by atoms with Crippen molar-refractivity contribution in [2.45, 2.75) is 147 Å². The molecule has 0 unspecified atom stereocenters. The van der Waals surface area contributed by atoms with E-state index in [0.29, 0.717) is 37.5 Å². The maximum absolute atomic E-state index is 13.8. The van der Waals surface area contributed by atoms with Crippen molar-refractivity contribution in [3.8, 4) is 0 Å². The minimum atomic E-state index is -1.48. The van der Waals surface area contributed by atoms with Crippen molar-refractivity contribution in [2.24, 2.45) is 46.3 Å². The summed E-state index contributed by atoms with van der Waals surface area (Å²) in [6, 6.07) is 0. The number of fused-ring (bicyclic) bond motifs is 5. The maximum atomic E-state index is 13.8. The molecule has 7 N–H and O–H groups in total. The molecule has 2 aliphatic heterocycles. The standard InChI is InChI=1S/C38H60O13/c1-18(16-48-35-33(46)30(43)27(42)17-49-35)5-8-25(40)19(2)29-26(41)14-24-22-7-6-20-13-21(9-11-37(20,3)23(22)10-12-38(24,29)4)50-36-34(47)32(45)31(44)28(15-39)51-36/h6,18-19,21-24,27-36,39,42-47H,5,7-17H2,1-4H3/t18-,19-,21+,22-,23+,24+,27-,28-,29+,30+,31-,32+,33-,34-,35-,36-,37+,38+/m1/s1. The molecule has 2 heterocycles. The van der Waals surface area contributed by atoms with Gasteiger partial charge in [0.05, 0.1) is 25.9 Å². The summed E-state index contributed by atoms with van der Waals surface area (Å²) < 4.78 is 22.8. The van der Waals surface area contributed by atoms with E-state index in [-0.39, 0.29) is 59.5 Å². The lowest BCUT2D eigenvalue weighted by Gasteiger charge is -2.58. The first kappa shape index (κ1) is 39.3. The summed E-state index contributed by atoms with van der Waals surface area (Å²) in [5.74, 6) is 0.475. The number of hydrogen-bond acceptors (Lipinski definition) is 13. The zero-order chi connectivity index (χ0) is 37.0. The molecule has 6 aliphatic rings. The Hall–Kier alpha value is -1.36. The highest BCUT2D eigenvalue weighted by atomic mass is 16.7. The number of carbonyl (C=O) groups is 2. The van der Waals surface area contributed by atoms with Crippen LogP contribution < -0.4 is 0 Å². The largest absolute Gasteiger partial charge is 0.394 e. The third-order valence-corrected chi connectivity index (χ3v) is 14.0. The van der Waals surface area contributed by atoms with Crippen molar-refractivity contribution >= 4 is 11.6 Å². The molecule has 6 rings (SSSR count). The van der Waals surface area contributed by atoms with Gasteiger partial charge in [-0.3, -0.25) is 9.59 Å². The highest BCUT2D eigenvalue weighted by molar-refractivity contribution is 5.92. The average molecular weight is 725 g/mol. The second-order valence-corrected chi connectivity index (χ2v) is 17.1. The van der Waals surface area contributed by atoms with E-state index in [0.717, 1.165) is 32.1 Å². The smallest absolute Gasteiger partial charge is 0.186 e. The Kier molecular flexibility index (Phi) is 11.9. The molecule has 290 valence electrons. The quantitative estimate of drug-likeness (QED) is 0.149. The molecule has 13 nitrogen and oxygen atoms in total. The van der Waals surface area contributed by atoms with Gasteiger partial charge in [-0.1, -0.05) is 39.3 Å². The highest BCUT2D eigenvalue weighted by Gasteiger charge is 2.62. The van der Waals surface area contributed by atoms with Crippen LogP contribution in [0.15, 0.2) is 11.6 Å². The van der Waals surface area contributed by atoms with Crippen molar-refractivity contribution in [3.05, 3.63) is 11.6 Å². The molecule has 0 aromatic heterocycles. The van der Waals surface area contributed by atoms with E-state index in [1.165, 1.54) is 5.57 Å². The number of rotatable bonds is 11. The van der Waals surface area contributed by atoms with Gasteiger partial charge in [0.15, 0.2) is 12.6 Å². The first-order valence-electron chi connectivity index (χ1n) is 19.1. The van der Waals surface area contributed by atoms with Crippen LogP contribution in [0.25, 0.3) is 0 Å². The Morgan fingerprint density at radius 2 is 1.67 bits per heavy atom. The molecular weight excluding hydrogens is 664 g/mol. The molecule has 2 saturated heterocycles. The molecule has 0 spiro atoms. The predicted octanol–water partition coefficient (Wildman–Crippen LogP) is 1.01. The van der Waals surface area contributed by atoms with Gasteiger partial charge in [-0.25, -0.2) is 0 Å². The number of Topliss-reactive ketones (excluding diaryl/α,β-unsaturated/α-hetero) is 2. The van der Waals surface area contributed by atoms with Crippen molar-refractivity contribution in [3.63, 3.8) is 0 Å². The minimum absolute atomic E-state index is 0.0272. The molecular formula is C38H60O13. The second-order valence-electron chi connectivity index (χ2n) is 17.1. The minimum Gasteiger partial charge on any atom is -0.394 e. The average Bonchev–Trinajstić information content (AvgIpc) is 3.38. The molecule has 0 amide bonds. The molecule has 18 atom stereocenters. The number of ketones is 2. The van der Waals surface area contributed by atoms with Crippen molar-refractivity contribution in [2.75, 3.05) is 19.8 Å². The normalized spacial score (nSPS) is 48.2. The van der Waals surface area contributed by atoms with Gasteiger partial charge in [-0.15, -0.1) is 0 Å². The molecule has 0 radical (unpaired) electrons. The Balaban J connectivity index is 1.04.